The molecule has 0 radical (unpaired) electrons. The van der Waals surface area contributed by atoms with Crippen molar-refractivity contribution in [3.63, 3.8) is 0 Å². The van der Waals surface area contributed by atoms with Gasteiger partial charge in [0.2, 0.25) is 0 Å². The summed E-state index contributed by atoms with van der Waals surface area (Å²) in [6, 6.07) is 43.7. The van der Waals surface area contributed by atoms with Gasteiger partial charge in [-0.25, -0.2) is 19.5 Å². The van der Waals surface area contributed by atoms with Crippen LogP contribution in [0.1, 0.15) is 0 Å². The minimum absolute atomic E-state index is 0.635. The highest BCUT2D eigenvalue weighted by Gasteiger charge is 2.20. The van der Waals surface area contributed by atoms with Crippen molar-refractivity contribution < 1.29 is 0 Å². The predicted molar refractivity (Wildman–Crippen MR) is 168 cm³/mol. The van der Waals surface area contributed by atoms with Gasteiger partial charge >= 0.3 is 0 Å². The summed E-state index contributed by atoms with van der Waals surface area (Å²) in [5.74, 6) is 1.93. The summed E-state index contributed by atoms with van der Waals surface area (Å²) < 4.78 is 4.39. The Morgan fingerprint density at radius 3 is 1.71 bits per heavy atom. The number of rotatable bonds is 4. The van der Waals surface area contributed by atoms with E-state index in [-0.39, 0.29) is 0 Å². The average molecular weight is 539 g/mol. The van der Waals surface area contributed by atoms with Crippen molar-refractivity contribution in [2.24, 2.45) is 0 Å². The number of hydrogen-bond donors (Lipinski definition) is 0. The van der Waals surface area contributed by atoms with Crippen LogP contribution in [0.15, 0.2) is 134 Å². The Bertz CT molecular complexity index is 2260. The lowest BCUT2D eigenvalue weighted by atomic mass is 10.1. The second kappa shape index (κ2) is 8.81. The summed E-state index contributed by atoms with van der Waals surface area (Å²) in [4.78, 5) is 14.8. The van der Waals surface area contributed by atoms with Crippen LogP contribution in [0.3, 0.4) is 0 Å². The van der Waals surface area contributed by atoms with Crippen molar-refractivity contribution in [1.29, 1.82) is 0 Å². The number of aromatic nitrogens is 6. The summed E-state index contributed by atoms with van der Waals surface area (Å²) in [7, 11) is 0. The molecule has 4 aromatic heterocycles. The molecule has 0 N–H and O–H groups in total. The summed E-state index contributed by atoms with van der Waals surface area (Å²) in [6.45, 7) is 0. The third-order valence-electron chi connectivity index (χ3n) is 8.00. The normalized spacial score (nSPS) is 11.8. The van der Waals surface area contributed by atoms with Gasteiger partial charge < -0.3 is 4.57 Å². The zero-order chi connectivity index (χ0) is 27.6. The maximum absolute atomic E-state index is 4.96. The second-order valence-corrected chi connectivity index (χ2v) is 10.4. The van der Waals surface area contributed by atoms with E-state index >= 15 is 0 Å². The number of pyridine rings is 1. The lowest BCUT2D eigenvalue weighted by molar-refractivity contribution is 1.01. The number of fused-ring (bicyclic) bond motifs is 3. The minimum Gasteiger partial charge on any atom is -0.309 e. The number of nitrogens with zero attached hydrogens (tertiary/aromatic N) is 6. The lowest BCUT2D eigenvalue weighted by Crippen LogP contribution is -2.01. The van der Waals surface area contributed by atoms with Crippen molar-refractivity contribution in [2.75, 3.05) is 0 Å². The fraction of sp³-hybridized carbons (Fsp3) is 0. The van der Waals surface area contributed by atoms with Gasteiger partial charge in [0.1, 0.15) is 0 Å². The maximum Gasteiger partial charge on any atom is 0.164 e. The molecule has 9 aromatic rings. The number of benzene rings is 5. The molecule has 6 heteroatoms. The van der Waals surface area contributed by atoms with E-state index in [1.807, 2.05) is 71.4 Å². The Kier molecular flexibility index (Phi) is 4.80. The van der Waals surface area contributed by atoms with Crippen LogP contribution in [0.4, 0.5) is 0 Å². The Morgan fingerprint density at radius 1 is 0.429 bits per heavy atom. The molecule has 0 unspecified atom stereocenters. The smallest absolute Gasteiger partial charge is 0.164 e. The van der Waals surface area contributed by atoms with Crippen LogP contribution < -0.4 is 0 Å². The molecule has 4 heterocycles. The highest BCUT2D eigenvalue weighted by molar-refractivity contribution is 6.26. The van der Waals surface area contributed by atoms with Gasteiger partial charge in [-0.2, -0.15) is 5.10 Å². The molecule has 0 bridgehead atoms. The first-order chi connectivity index (χ1) is 20.8. The third kappa shape index (κ3) is 3.32. The van der Waals surface area contributed by atoms with Gasteiger partial charge in [-0.3, -0.25) is 0 Å². The third-order valence-corrected chi connectivity index (χ3v) is 8.00. The van der Waals surface area contributed by atoms with Crippen LogP contribution in [0.5, 0.6) is 0 Å². The Balaban J connectivity index is 1.29. The summed E-state index contributed by atoms with van der Waals surface area (Å²) in [6.07, 6.45) is 1.87. The standard InChI is InChI=1S/C36H22N6/c1-3-10-23(11-4-1)34-38-35(24-12-5-2-6-13-24)40-36(39-34)25-14-7-15-26(22-25)41-29-17-8-16-27-28-20-21-37-42(28)31-19-9-18-30(41)33(31)32(27)29/h1-22H. The zero-order valence-corrected chi connectivity index (χ0v) is 22.4. The van der Waals surface area contributed by atoms with E-state index < -0.39 is 0 Å². The van der Waals surface area contributed by atoms with Crippen LogP contribution in [-0.4, -0.2) is 29.1 Å². The molecule has 42 heavy (non-hydrogen) atoms. The minimum atomic E-state index is 0.635. The van der Waals surface area contributed by atoms with Crippen LogP contribution in [-0.2, 0) is 0 Å². The summed E-state index contributed by atoms with van der Waals surface area (Å²) in [5.41, 5.74) is 8.38. The average Bonchev–Trinajstić information content (AvgIpc) is 3.69. The fourth-order valence-corrected chi connectivity index (χ4v) is 6.18. The van der Waals surface area contributed by atoms with Gasteiger partial charge in [0.15, 0.2) is 17.5 Å². The van der Waals surface area contributed by atoms with E-state index in [2.05, 4.69) is 76.4 Å². The molecule has 0 fully saturated rings. The van der Waals surface area contributed by atoms with Crippen LogP contribution in [0, 0.1) is 0 Å². The highest BCUT2D eigenvalue weighted by atomic mass is 15.2. The molecule has 5 aromatic carbocycles. The van der Waals surface area contributed by atoms with Gasteiger partial charge in [-0.15, -0.1) is 0 Å². The quantitative estimate of drug-likeness (QED) is 0.212. The first kappa shape index (κ1) is 22.9. The topological polar surface area (TPSA) is 60.9 Å². The monoisotopic (exact) mass is 538 g/mol. The Hall–Kier alpha value is -5.88. The van der Waals surface area contributed by atoms with E-state index in [4.69, 9.17) is 15.0 Å². The van der Waals surface area contributed by atoms with E-state index in [0.29, 0.717) is 17.5 Å². The van der Waals surface area contributed by atoms with E-state index in [0.717, 1.165) is 44.4 Å². The van der Waals surface area contributed by atoms with Gasteiger partial charge in [0, 0.05) is 38.5 Å². The second-order valence-electron chi connectivity index (χ2n) is 10.4. The van der Waals surface area contributed by atoms with Crippen LogP contribution in [0.2, 0.25) is 0 Å². The molecule has 0 aliphatic carbocycles. The summed E-state index contributed by atoms with van der Waals surface area (Å²) in [5, 5.41) is 8.31. The molecule has 6 nitrogen and oxygen atoms in total. The van der Waals surface area contributed by atoms with Gasteiger partial charge in [0.05, 0.1) is 28.3 Å². The molecule has 9 rings (SSSR count). The van der Waals surface area contributed by atoms with Crippen LogP contribution >= 0.6 is 0 Å². The first-order valence-corrected chi connectivity index (χ1v) is 13.9. The number of hydrogen-bond acceptors (Lipinski definition) is 4. The van der Waals surface area contributed by atoms with Crippen molar-refractivity contribution in [3.8, 4) is 39.9 Å². The van der Waals surface area contributed by atoms with Crippen molar-refractivity contribution in [2.45, 2.75) is 0 Å². The Labute approximate surface area is 240 Å². The molecule has 0 saturated carbocycles. The molecule has 0 aliphatic heterocycles. The van der Waals surface area contributed by atoms with E-state index in [1.165, 1.54) is 16.2 Å². The predicted octanol–water partition coefficient (Wildman–Crippen LogP) is 8.21. The molecule has 0 atom stereocenters. The molecule has 0 saturated heterocycles. The van der Waals surface area contributed by atoms with Crippen LogP contribution in [0.25, 0.3) is 78.1 Å². The molecule has 0 amide bonds. The first-order valence-electron chi connectivity index (χ1n) is 13.9. The zero-order valence-electron chi connectivity index (χ0n) is 22.4. The lowest BCUT2D eigenvalue weighted by Gasteiger charge is -2.11. The molecule has 0 spiro atoms. The molecule has 196 valence electrons. The van der Waals surface area contributed by atoms with Crippen molar-refractivity contribution in [3.05, 3.63) is 134 Å². The van der Waals surface area contributed by atoms with E-state index in [1.54, 1.807) is 0 Å². The largest absolute Gasteiger partial charge is 0.309 e. The van der Waals surface area contributed by atoms with Gasteiger partial charge in [-0.05, 0) is 36.4 Å². The van der Waals surface area contributed by atoms with Crippen molar-refractivity contribution >= 4 is 38.2 Å². The fourth-order valence-electron chi connectivity index (χ4n) is 6.18. The Morgan fingerprint density at radius 2 is 1.00 bits per heavy atom. The van der Waals surface area contributed by atoms with Gasteiger partial charge in [0.25, 0.3) is 0 Å². The van der Waals surface area contributed by atoms with E-state index in [9.17, 15) is 0 Å². The molecular weight excluding hydrogens is 516 g/mol. The molecule has 0 aliphatic rings. The highest BCUT2D eigenvalue weighted by Crippen LogP contribution is 2.40. The van der Waals surface area contributed by atoms with Gasteiger partial charge in [-0.1, -0.05) is 91.0 Å². The molecular formula is C36H22N6. The maximum atomic E-state index is 4.96. The van der Waals surface area contributed by atoms with Crippen molar-refractivity contribution in [1.82, 2.24) is 29.1 Å². The SMILES string of the molecule is c1ccc(-c2nc(-c3ccccc3)nc(-c3cccc(-n4c5cccc6c5c5c4cccc5n4nccc64)c3)n2)cc1. The summed E-state index contributed by atoms with van der Waals surface area (Å²) >= 11 is 0.